The van der Waals surface area contributed by atoms with E-state index in [1.54, 1.807) is 7.11 Å². The van der Waals surface area contributed by atoms with Gasteiger partial charge < -0.3 is 4.74 Å². The van der Waals surface area contributed by atoms with Crippen LogP contribution in [0.1, 0.15) is 39.0 Å². The third kappa shape index (κ3) is 3.78. The van der Waals surface area contributed by atoms with Crippen molar-refractivity contribution in [3.05, 3.63) is 0 Å². The zero-order chi connectivity index (χ0) is 12.3. The fraction of sp³-hybridized carbons (Fsp3) is 0.929. The Bertz CT molecular complexity index is 263. The first-order valence-corrected chi connectivity index (χ1v) is 6.96. The highest BCUT2D eigenvalue weighted by atomic mass is 16.5. The first kappa shape index (κ1) is 13.0. The number of ether oxygens (including phenoxy) is 1. The maximum absolute atomic E-state index is 11.9. The van der Waals surface area contributed by atoms with Gasteiger partial charge in [0.2, 0.25) is 0 Å². The average molecular weight is 239 g/mol. The molecule has 0 aromatic rings. The standard InChI is InChI=1S/C14H25NO2/c1-11-3-6-14(16)12(9-11)10-15(7-8-17-2)13-4-5-13/h11-13H,3-10H2,1-2H3. The van der Waals surface area contributed by atoms with Crippen LogP contribution in [0.2, 0.25) is 0 Å². The number of carbonyl (C=O) groups is 1. The zero-order valence-electron chi connectivity index (χ0n) is 11.2. The molecular weight excluding hydrogens is 214 g/mol. The van der Waals surface area contributed by atoms with Gasteiger partial charge in [0.15, 0.2) is 0 Å². The van der Waals surface area contributed by atoms with Gasteiger partial charge in [0, 0.05) is 38.6 Å². The molecule has 17 heavy (non-hydrogen) atoms. The lowest BCUT2D eigenvalue weighted by atomic mass is 9.81. The molecule has 0 bridgehead atoms. The first-order chi connectivity index (χ1) is 8.20. The van der Waals surface area contributed by atoms with E-state index in [-0.39, 0.29) is 5.92 Å². The van der Waals surface area contributed by atoms with Crippen LogP contribution in [-0.4, -0.2) is 43.5 Å². The predicted octanol–water partition coefficient (Wildman–Crippen LogP) is 2.10. The second-order valence-corrected chi connectivity index (χ2v) is 5.76. The smallest absolute Gasteiger partial charge is 0.137 e. The molecule has 0 aliphatic heterocycles. The molecule has 2 aliphatic carbocycles. The van der Waals surface area contributed by atoms with Crippen molar-refractivity contribution in [2.75, 3.05) is 26.8 Å². The van der Waals surface area contributed by atoms with E-state index in [1.807, 2.05) is 0 Å². The minimum Gasteiger partial charge on any atom is -0.383 e. The molecule has 2 rings (SSSR count). The summed E-state index contributed by atoms with van der Waals surface area (Å²) in [7, 11) is 1.75. The van der Waals surface area contributed by atoms with E-state index in [0.29, 0.717) is 5.78 Å². The van der Waals surface area contributed by atoms with Gasteiger partial charge in [-0.1, -0.05) is 6.92 Å². The van der Waals surface area contributed by atoms with Crippen LogP contribution >= 0.6 is 0 Å². The fourth-order valence-electron chi connectivity index (χ4n) is 2.86. The van der Waals surface area contributed by atoms with Gasteiger partial charge in [-0.05, 0) is 31.6 Å². The van der Waals surface area contributed by atoms with Gasteiger partial charge in [-0.3, -0.25) is 9.69 Å². The van der Waals surface area contributed by atoms with Crippen LogP contribution in [0.4, 0.5) is 0 Å². The Labute approximate surface area is 105 Å². The summed E-state index contributed by atoms with van der Waals surface area (Å²) in [6, 6.07) is 0.732. The third-order valence-electron chi connectivity index (χ3n) is 4.13. The summed E-state index contributed by atoms with van der Waals surface area (Å²) >= 11 is 0. The summed E-state index contributed by atoms with van der Waals surface area (Å²) in [4.78, 5) is 14.4. The summed E-state index contributed by atoms with van der Waals surface area (Å²) < 4.78 is 5.16. The van der Waals surface area contributed by atoms with Crippen LogP contribution in [0.15, 0.2) is 0 Å². The molecule has 2 saturated carbocycles. The van der Waals surface area contributed by atoms with E-state index in [4.69, 9.17) is 4.74 Å². The minimum atomic E-state index is 0.288. The number of ketones is 1. The van der Waals surface area contributed by atoms with Crippen LogP contribution in [-0.2, 0) is 9.53 Å². The van der Waals surface area contributed by atoms with Crippen molar-refractivity contribution >= 4 is 5.78 Å². The lowest BCUT2D eigenvalue weighted by Crippen LogP contribution is -2.39. The molecule has 0 spiro atoms. The van der Waals surface area contributed by atoms with Crippen LogP contribution in [0.5, 0.6) is 0 Å². The number of carbonyl (C=O) groups excluding carboxylic acids is 1. The van der Waals surface area contributed by atoms with Gasteiger partial charge >= 0.3 is 0 Å². The second kappa shape index (κ2) is 5.96. The highest BCUT2D eigenvalue weighted by Crippen LogP contribution is 2.31. The number of Topliss-reactive ketones (excluding diaryl/α,β-unsaturated/α-hetero) is 1. The summed E-state index contributed by atoms with van der Waals surface area (Å²) in [6.45, 7) is 5.01. The summed E-state index contributed by atoms with van der Waals surface area (Å²) in [6.07, 6.45) is 5.60. The quantitative estimate of drug-likeness (QED) is 0.711. The summed E-state index contributed by atoms with van der Waals surface area (Å²) in [5.74, 6) is 1.50. The molecule has 0 saturated heterocycles. The Hall–Kier alpha value is -0.410. The van der Waals surface area contributed by atoms with E-state index in [1.165, 1.54) is 12.8 Å². The number of hydrogen-bond donors (Lipinski definition) is 0. The maximum atomic E-state index is 11.9. The Morgan fingerprint density at radius 1 is 1.35 bits per heavy atom. The van der Waals surface area contributed by atoms with Gasteiger partial charge in [-0.15, -0.1) is 0 Å². The van der Waals surface area contributed by atoms with Crippen LogP contribution in [0.25, 0.3) is 0 Å². The molecule has 0 radical (unpaired) electrons. The number of rotatable bonds is 6. The number of hydrogen-bond acceptors (Lipinski definition) is 3. The van der Waals surface area contributed by atoms with Crippen molar-refractivity contribution in [1.82, 2.24) is 4.90 Å². The van der Waals surface area contributed by atoms with E-state index >= 15 is 0 Å². The van der Waals surface area contributed by atoms with Crippen LogP contribution in [0, 0.1) is 11.8 Å². The molecule has 2 fully saturated rings. The van der Waals surface area contributed by atoms with Crippen molar-refractivity contribution in [3.8, 4) is 0 Å². The molecule has 2 unspecified atom stereocenters. The van der Waals surface area contributed by atoms with Crippen molar-refractivity contribution in [1.29, 1.82) is 0 Å². The Morgan fingerprint density at radius 2 is 2.12 bits per heavy atom. The fourth-order valence-corrected chi connectivity index (χ4v) is 2.86. The molecule has 0 aromatic carbocycles. The summed E-state index contributed by atoms with van der Waals surface area (Å²) in [5.41, 5.74) is 0. The maximum Gasteiger partial charge on any atom is 0.137 e. The lowest BCUT2D eigenvalue weighted by Gasteiger charge is -2.31. The molecular formula is C14H25NO2. The highest BCUT2D eigenvalue weighted by Gasteiger charge is 2.34. The SMILES string of the molecule is COCCN(CC1CC(C)CCC1=O)C1CC1. The predicted molar refractivity (Wildman–Crippen MR) is 68.0 cm³/mol. The molecule has 0 N–H and O–H groups in total. The Kier molecular flexibility index (Phi) is 4.57. The van der Waals surface area contributed by atoms with Crippen LogP contribution in [0.3, 0.4) is 0 Å². The minimum absolute atomic E-state index is 0.288. The van der Waals surface area contributed by atoms with Gasteiger partial charge in [-0.2, -0.15) is 0 Å². The van der Waals surface area contributed by atoms with Crippen LogP contribution < -0.4 is 0 Å². The van der Waals surface area contributed by atoms with E-state index in [2.05, 4.69) is 11.8 Å². The van der Waals surface area contributed by atoms with Crippen molar-refractivity contribution < 1.29 is 9.53 Å². The van der Waals surface area contributed by atoms with Crippen molar-refractivity contribution in [2.24, 2.45) is 11.8 Å². The molecule has 3 nitrogen and oxygen atoms in total. The van der Waals surface area contributed by atoms with Crippen molar-refractivity contribution in [3.63, 3.8) is 0 Å². The number of methoxy groups -OCH3 is 1. The largest absolute Gasteiger partial charge is 0.383 e. The molecule has 0 aromatic heterocycles. The number of nitrogens with zero attached hydrogens (tertiary/aromatic N) is 1. The van der Waals surface area contributed by atoms with E-state index in [0.717, 1.165) is 50.9 Å². The average Bonchev–Trinajstić information content (AvgIpc) is 3.13. The molecule has 0 heterocycles. The molecule has 3 heteroatoms. The van der Waals surface area contributed by atoms with Gasteiger partial charge in [0.25, 0.3) is 0 Å². The van der Waals surface area contributed by atoms with E-state index in [9.17, 15) is 4.79 Å². The molecule has 98 valence electrons. The molecule has 0 amide bonds. The topological polar surface area (TPSA) is 29.5 Å². The normalized spacial score (nSPS) is 29.9. The lowest BCUT2D eigenvalue weighted by molar-refractivity contribution is -0.126. The summed E-state index contributed by atoms with van der Waals surface area (Å²) in [5, 5.41) is 0. The van der Waals surface area contributed by atoms with Gasteiger partial charge in [0.1, 0.15) is 5.78 Å². The molecule has 2 atom stereocenters. The second-order valence-electron chi connectivity index (χ2n) is 5.76. The third-order valence-corrected chi connectivity index (χ3v) is 4.13. The Balaban J connectivity index is 1.84. The zero-order valence-corrected chi connectivity index (χ0v) is 11.2. The van der Waals surface area contributed by atoms with Gasteiger partial charge in [-0.25, -0.2) is 0 Å². The monoisotopic (exact) mass is 239 g/mol. The highest BCUT2D eigenvalue weighted by molar-refractivity contribution is 5.81. The molecule has 2 aliphatic rings. The first-order valence-electron chi connectivity index (χ1n) is 6.96. The van der Waals surface area contributed by atoms with Gasteiger partial charge in [0.05, 0.1) is 6.61 Å². The van der Waals surface area contributed by atoms with Crippen molar-refractivity contribution in [2.45, 2.75) is 45.1 Å². The van der Waals surface area contributed by atoms with E-state index < -0.39 is 0 Å². The Morgan fingerprint density at radius 3 is 2.76 bits per heavy atom.